The Morgan fingerprint density at radius 1 is 1.29 bits per heavy atom. The zero-order valence-electron chi connectivity index (χ0n) is 9.76. The predicted molar refractivity (Wildman–Crippen MR) is 65.2 cm³/mol. The van der Waals surface area contributed by atoms with Gasteiger partial charge in [0, 0.05) is 12.1 Å². The van der Waals surface area contributed by atoms with Crippen LogP contribution in [0.5, 0.6) is 0 Å². The van der Waals surface area contributed by atoms with E-state index >= 15 is 0 Å². The van der Waals surface area contributed by atoms with Crippen LogP contribution < -0.4 is 11.2 Å². The maximum absolute atomic E-state index is 11.7. The van der Waals surface area contributed by atoms with Crippen molar-refractivity contribution in [3.05, 3.63) is 35.9 Å². The number of benzene rings is 1. The van der Waals surface area contributed by atoms with E-state index in [0.717, 1.165) is 25.7 Å². The monoisotopic (exact) mass is 234 g/mol. The van der Waals surface area contributed by atoms with Gasteiger partial charge in [0.05, 0.1) is 5.56 Å². The van der Waals surface area contributed by atoms with Crippen LogP contribution >= 0.6 is 0 Å². The van der Waals surface area contributed by atoms with Crippen molar-refractivity contribution in [1.82, 2.24) is 5.48 Å². The minimum absolute atomic E-state index is 0.186. The van der Waals surface area contributed by atoms with Crippen molar-refractivity contribution < 1.29 is 9.63 Å². The van der Waals surface area contributed by atoms with Gasteiger partial charge in [-0.15, -0.1) is 5.48 Å². The Balaban J connectivity index is 1.80. The highest BCUT2D eigenvalue weighted by molar-refractivity contribution is 5.89. The van der Waals surface area contributed by atoms with Gasteiger partial charge in [0.25, 0.3) is 0 Å². The van der Waals surface area contributed by atoms with Gasteiger partial charge in [-0.25, -0.2) is 4.79 Å². The zero-order valence-corrected chi connectivity index (χ0v) is 9.76. The van der Waals surface area contributed by atoms with Gasteiger partial charge in [-0.05, 0) is 31.4 Å². The van der Waals surface area contributed by atoms with Crippen LogP contribution in [0, 0.1) is 0 Å². The number of nitrogens with one attached hydrogen (secondary N) is 1. The lowest BCUT2D eigenvalue weighted by Crippen LogP contribution is -2.40. The molecule has 0 bridgehead atoms. The van der Waals surface area contributed by atoms with Gasteiger partial charge in [-0.1, -0.05) is 24.6 Å². The van der Waals surface area contributed by atoms with Crippen molar-refractivity contribution in [2.45, 2.75) is 37.8 Å². The topological polar surface area (TPSA) is 64.3 Å². The normalized spacial score (nSPS) is 24.3. The number of hydrogen-bond acceptors (Lipinski definition) is 4. The van der Waals surface area contributed by atoms with Crippen LogP contribution in [0.1, 0.15) is 36.0 Å². The van der Waals surface area contributed by atoms with E-state index in [1.165, 1.54) is 0 Å². The van der Waals surface area contributed by atoms with Crippen LogP contribution in [0.4, 0.5) is 0 Å². The number of hydroxylamine groups is 1. The fourth-order valence-corrected chi connectivity index (χ4v) is 2.10. The summed E-state index contributed by atoms with van der Waals surface area (Å²) in [6.07, 6.45) is 4.02. The first-order valence-corrected chi connectivity index (χ1v) is 6.03. The van der Waals surface area contributed by atoms with E-state index in [1.807, 2.05) is 18.2 Å². The number of carbonyl (C=O) groups is 1. The Morgan fingerprint density at radius 3 is 2.76 bits per heavy atom. The Hall–Kier alpha value is -1.39. The van der Waals surface area contributed by atoms with E-state index in [-0.39, 0.29) is 18.1 Å². The van der Waals surface area contributed by atoms with Crippen LogP contribution in [-0.2, 0) is 4.84 Å². The van der Waals surface area contributed by atoms with Gasteiger partial charge in [-0.3, -0.25) is 0 Å². The molecular weight excluding hydrogens is 216 g/mol. The molecule has 0 aliphatic heterocycles. The van der Waals surface area contributed by atoms with Crippen molar-refractivity contribution in [1.29, 1.82) is 0 Å². The molecule has 1 aromatic carbocycles. The van der Waals surface area contributed by atoms with Crippen molar-refractivity contribution in [3.8, 4) is 0 Å². The molecule has 1 unspecified atom stereocenters. The van der Waals surface area contributed by atoms with E-state index < -0.39 is 0 Å². The van der Waals surface area contributed by atoms with Crippen LogP contribution in [0.15, 0.2) is 30.3 Å². The molecule has 4 nitrogen and oxygen atoms in total. The number of hydrogen-bond donors (Lipinski definition) is 2. The second-order valence-electron chi connectivity index (χ2n) is 4.50. The molecule has 1 fully saturated rings. The average Bonchev–Trinajstić information content (AvgIpc) is 2.37. The van der Waals surface area contributed by atoms with Gasteiger partial charge in [0.2, 0.25) is 0 Å². The third-order valence-corrected chi connectivity index (χ3v) is 3.04. The molecule has 0 heterocycles. The molecule has 1 aromatic rings. The number of rotatable bonds is 3. The fraction of sp³-hybridized carbons (Fsp3) is 0.462. The molecule has 0 aromatic heterocycles. The largest absolute Gasteiger partial charge is 0.366 e. The van der Waals surface area contributed by atoms with Crippen molar-refractivity contribution >= 4 is 5.97 Å². The smallest absolute Gasteiger partial charge is 0.356 e. The SMILES string of the molecule is NC1CCC[C@H](NOC(=O)c2ccccc2)C1. The van der Waals surface area contributed by atoms with Crippen LogP contribution in [-0.4, -0.2) is 18.1 Å². The Labute approximate surface area is 101 Å². The summed E-state index contributed by atoms with van der Waals surface area (Å²) in [5.41, 5.74) is 9.24. The standard InChI is InChI=1S/C13H18N2O2/c14-11-7-4-8-12(9-11)15-17-13(16)10-5-2-1-3-6-10/h1-3,5-6,11-12,15H,4,7-9,14H2/t11?,12-/m0/s1. The maximum Gasteiger partial charge on any atom is 0.356 e. The average molecular weight is 234 g/mol. The minimum atomic E-state index is -0.343. The van der Waals surface area contributed by atoms with Gasteiger partial charge in [-0.2, -0.15) is 0 Å². The Bertz CT molecular complexity index is 367. The first-order chi connectivity index (χ1) is 8.25. The second-order valence-corrected chi connectivity index (χ2v) is 4.50. The minimum Gasteiger partial charge on any atom is -0.366 e. The molecule has 1 aliphatic rings. The van der Waals surface area contributed by atoms with Crippen molar-refractivity contribution in [2.75, 3.05) is 0 Å². The summed E-state index contributed by atoms with van der Waals surface area (Å²) in [6.45, 7) is 0. The van der Waals surface area contributed by atoms with E-state index in [9.17, 15) is 4.79 Å². The summed E-state index contributed by atoms with van der Waals surface area (Å²) in [6, 6.07) is 9.36. The predicted octanol–water partition coefficient (Wildman–Crippen LogP) is 1.62. The third kappa shape index (κ3) is 3.54. The van der Waals surface area contributed by atoms with E-state index in [4.69, 9.17) is 10.6 Å². The number of nitrogens with two attached hydrogens (primary N) is 1. The van der Waals surface area contributed by atoms with Crippen LogP contribution in [0.3, 0.4) is 0 Å². The molecule has 0 radical (unpaired) electrons. The van der Waals surface area contributed by atoms with E-state index in [0.29, 0.717) is 5.56 Å². The lowest BCUT2D eigenvalue weighted by atomic mass is 9.92. The zero-order chi connectivity index (χ0) is 12.1. The lowest BCUT2D eigenvalue weighted by Gasteiger charge is -2.26. The van der Waals surface area contributed by atoms with Gasteiger partial charge in [0.1, 0.15) is 0 Å². The molecule has 1 saturated carbocycles. The summed E-state index contributed by atoms with van der Waals surface area (Å²) in [5, 5.41) is 0. The van der Waals surface area contributed by atoms with E-state index in [2.05, 4.69) is 5.48 Å². The molecule has 0 spiro atoms. The third-order valence-electron chi connectivity index (χ3n) is 3.04. The van der Waals surface area contributed by atoms with Crippen molar-refractivity contribution in [3.63, 3.8) is 0 Å². The van der Waals surface area contributed by atoms with Crippen LogP contribution in [0.25, 0.3) is 0 Å². The molecule has 0 saturated heterocycles. The van der Waals surface area contributed by atoms with Gasteiger partial charge >= 0.3 is 5.97 Å². The summed E-state index contributed by atoms with van der Waals surface area (Å²) >= 11 is 0. The molecular formula is C13H18N2O2. The maximum atomic E-state index is 11.7. The first kappa shape index (κ1) is 12.1. The van der Waals surface area contributed by atoms with E-state index in [1.54, 1.807) is 12.1 Å². The molecule has 0 amide bonds. The highest BCUT2D eigenvalue weighted by Crippen LogP contribution is 2.16. The van der Waals surface area contributed by atoms with Crippen LogP contribution in [0.2, 0.25) is 0 Å². The number of carbonyl (C=O) groups excluding carboxylic acids is 1. The summed E-state index contributed by atoms with van der Waals surface area (Å²) in [4.78, 5) is 16.7. The quantitative estimate of drug-likeness (QED) is 0.780. The molecule has 2 atom stereocenters. The molecule has 1 aliphatic carbocycles. The van der Waals surface area contributed by atoms with Crippen molar-refractivity contribution in [2.24, 2.45) is 5.73 Å². The Morgan fingerprint density at radius 2 is 2.06 bits per heavy atom. The highest BCUT2D eigenvalue weighted by Gasteiger charge is 2.20. The first-order valence-electron chi connectivity index (χ1n) is 6.03. The molecule has 3 N–H and O–H groups in total. The fourth-order valence-electron chi connectivity index (χ4n) is 2.10. The summed E-state index contributed by atoms with van der Waals surface area (Å²) in [5.74, 6) is -0.343. The van der Waals surface area contributed by atoms with Gasteiger partial charge in [0.15, 0.2) is 0 Å². The molecule has 4 heteroatoms. The molecule has 17 heavy (non-hydrogen) atoms. The summed E-state index contributed by atoms with van der Waals surface area (Å²) in [7, 11) is 0. The second kappa shape index (κ2) is 5.80. The lowest BCUT2D eigenvalue weighted by molar-refractivity contribution is 0.0104. The Kier molecular flexibility index (Phi) is 4.12. The molecule has 2 rings (SSSR count). The summed E-state index contributed by atoms with van der Waals surface area (Å²) < 4.78 is 0. The highest BCUT2D eigenvalue weighted by atomic mass is 16.7. The molecule has 92 valence electrons. The van der Waals surface area contributed by atoms with Gasteiger partial charge < -0.3 is 10.6 Å².